The maximum absolute atomic E-state index is 11.9. The monoisotopic (exact) mass is 386 g/mol. The van der Waals surface area contributed by atoms with Gasteiger partial charge in [-0.1, -0.05) is 48.2 Å². The molecule has 3 aromatic rings. The average molecular weight is 387 g/mol. The smallest absolute Gasteiger partial charge is 0.321 e. The Kier molecular flexibility index (Phi) is 6.45. The molecule has 0 atom stereocenters. The number of aromatic nitrogens is 2. The maximum atomic E-state index is 11.9. The van der Waals surface area contributed by atoms with E-state index in [1.165, 1.54) is 16.6 Å². The fraction of sp³-hybridized carbons (Fsp3) is 0.167. The van der Waals surface area contributed by atoms with Gasteiger partial charge in [-0.25, -0.2) is 9.78 Å². The minimum Gasteiger partial charge on any atom is -0.337 e. The van der Waals surface area contributed by atoms with Crippen molar-refractivity contribution in [1.29, 1.82) is 0 Å². The fourth-order valence-electron chi connectivity index (χ4n) is 2.24. The van der Waals surface area contributed by atoms with Gasteiger partial charge in [0.1, 0.15) is 0 Å². The third kappa shape index (κ3) is 5.47. The normalized spacial score (nSPS) is 10.5. The standard InChI is InChI=1S/C18H18N4O2S2/c23-16(22-17(24)19-9-8-14-7-4-10-25-14)12-26-18-20-11-15(21-18)13-5-2-1-3-6-13/h1-7,10-11H,8-9,12H2,(H,20,21)(H2,19,22,23,24). The summed E-state index contributed by atoms with van der Waals surface area (Å²) in [5.41, 5.74) is 1.92. The van der Waals surface area contributed by atoms with Gasteiger partial charge in [0.05, 0.1) is 17.6 Å². The van der Waals surface area contributed by atoms with Crippen molar-refractivity contribution in [1.82, 2.24) is 20.6 Å². The Hall–Kier alpha value is -2.58. The topological polar surface area (TPSA) is 86.9 Å². The van der Waals surface area contributed by atoms with E-state index < -0.39 is 6.03 Å². The lowest BCUT2D eigenvalue weighted by Crippen LogP contribution is -2.41. The van der Waals surface area contributed by atoms with E-state index in [4.69, 9.17) is 0 Å². The summed E-state index contributed by atoms with van der Waals surface area (Å²) in [5, 5.41) is 7.63. The second-order valence-corrected chi connectivity index (χ2v) is 7.39. The quantitative estimate of drug-likeness (QED) is 0.544. The van der Waals surface area contributed by atoms with Crippen molar-refractivity contribution in [2.24, 2.45) is 0 Å². The zero-order valence-electron chi connectivity index (χ0n) is 13.9. The molecule has 26 heavy (non-hydrogen) atoms. The molecule has 1 aromatic carbocycles. The van der Waals surface area contributed by atoms with Crippen molar-refractivity contribution in [3.63, 3.8) is 0 Å². The van der Waals surface area contributed by atoms with E-state index in [1.54, 1.807) is 17.5 Å². The zero-order valence-corrected chi connectivity index (χ0v) is 15.5. The molecule has 3 amide bonds. The zero-order chi connectivity index (χ0) is 18.2. The highest BCUT2D eigenvalue weighted by Gasteiger charge is 2.10. The Balaban J connectivity index is 1.38. The summed E-state index contributed by atoms with van der Waals surface area (Å²) in [6.07, 6.45) is 2.48. The summed E-state index contributed by atoms with van der Waals surface area (Å²) in [6.45, 7) is 0.491. The van der Waals surface area contributed by atoms with Crippen molar-refractivity contribution < 1.29 is 9.59 Å². The van der Waals surface area contributed by atoms with Gasteiger partial charge in [0.15, 0.2) is 5.16 Å². The van der Waals surface area contributed by atoms with Crippen LogP contribution in [0.25, 0.3) is 11.3 Å². The molecule has 0 aliphatic rings. The number of hydrogen-bond acceptors (Lipinski definition) is 5. The maximum Gasteiger partial charge on any atom is 0.321 e. The fourth-order valence-corrected chi connectivity index (χ4v) is 3.59. The molecular formula is C18H18N4O2S2. The average Bonchev–Trinajstić information content (AvgIpc) is 3.33. The number of nitrogens with zero attached hydrogens (tertiary/aromatic N) is 1. The first-order valence-corrected chi connectivity index (χ1v) is 9.90. The molecule has 8 heteroatoms. The number of carbonyl (C=O) groups is 2. The van der Waals surface area contributed by atoms with Crippen LogP contribution >= 0.6 is 23.1 Å². The number of urea groups is 1. The summed E-state index contributed by atoms with van der Waals surface area (Å²) < 4.78 is 0. The van der Waals surface area contributed by atoms with Crippen LogP contribution < -0.4 is 10.6 Å². The molecule has 0 bridgehead atoms. The van der Waals surface area contributed by atoms with Crippen molar-refractivity contribution in [3.05, 3.63) is 58.9 Å². The van der Waals surface area contributed by atoms with Crippen LogP contribution in [0.1, 0.15) is 4.88 Å². The van der Waals surface area contributed by atoms with Crippen LogP contribution in [0, 0.1) is 0 Å². The third-order valence-corrected chi connectivity index (χ3v) is 5.29. The van der Waals surface area contributed by atoms with E-state index in [1.807, 2.05) is 47.8 Å². The molecule has 0 spiro atoms. The molecule has 0 saturated carbocycles. The van der Waals surface area contributed by atoms with Crippen LogP contribution in [0.15, 0.2) is 59.2 Å². The molecular weight excluding hydrogens is 368 g/mol. The van der Waals surface area contributed by atoms with E-state index in [-0.39, 0.29) is 11.7 Å². The summed E-state index contributed by atoms with van der Waals surface area (Å²) in [7, 11) is 0. The van der Waals surface area contributed by atoms with E-state index in [0.717, 1.165) is 17.7 Å². The molecule has 0 aliphatic heterocycles. The lowest BCUT2D eigenvalue weighted by molar-refractivity contribution is -0.117. The van der Waals surface area contributed by atoms with Gasteiger partial charge >= 0.3 is 6.03 Å². The first kappa shape index (κ1) is 18.2. The minimum atomic E-state index is -0.475. The molecule has 3 rings (SSSR count). The second-order valence-electron chi connectivity index (χ2n) is 5.39. The summed E-state index contributed by atoms with van der Waals surface area (Å²) >= 11 is 2.89. The van der Waals surface area contributed by atoms with E-state index >= 15 is 0 Å². The predicted octanol–water partition coefficient (Wildman–Crippen LogP) is 3.30. The lowest BCUT2D eigenvalue weighted by atomic mass is 10.2. The van der Waals surface area contributed by atoms with Gasteiger partial charge in [-0.05, 0) is 23.4 Å². The minimum absolute atomic E-state index is 0.111. The highest BCUT2D eigenvalue weighted by molar-refractivity contribution is 7.99. The number of amides is 3. The number of aromatic amines is 1. The lowest BCUT2D eigenvalue weighted by Gasteiger charge is -2.05. The Morgan fingerprint density at radius 2 is 2.00 bits per heavy atom. The van der Waals surface area contributed by atoms with Crippen LogP contribution in [0.2, 0.25) is 0 Å². The van der Waals surface area contributed by atoms with Gasteiger partial charge in [0.2, 0.25) is 5.91 Å². The van der Waals surface area contributed by atoms with Crippen LogP contribution in [-0.2, 0) is 11.2 Å². The Bertz CT molecular complexity index is 847. The number of benzene rings is 1. The molecule has 0 aliphatic carbocycles. The number of H-pyrrole nitrogens is 1. The molecule has 0 unspecified atom stereocenters. The van der Waals surface area contributed by atoms with Gasteiger partial charge in [-0.2, -0.15) is 0 Å². The van der Waals surface area contributed by atoms with Crippen molar-refractivity contribution in [2.45, 2.75) is 11.6 Å². The van der Waals surface area contributed by atoms with Crippen molar-refractivity contribution >= 4 is 35.0 Å². The molecule has 134 valence electrons. The molecule has 0 radical (unpaired) electrons. The van der Waals surface area contributed by atoms with Gasteiger partial charge in [-0.3, -0.25) is 10.1 Å². The number of rotatable bonds is 7. The van der Waals surface area contributed by atoms with Gasteiger partial charge in [-0.15, -0.1) is 11.3 Å². The van der Waals surface area contributed by atoms with Crippen molar-refractivity contribution in [3.8, 4) is 11.3 Å². The third-order valence-electron chi connectivity index (χ3n) is 3.47. The Morgan fingerprint density at radius 1 is 1.15 bits per heavy atom. The van der Waals surface area contributed by atoms with Crippen LogP contribution in [0.5, 0.6) is 0 Å². The molecule has 0 saturated heterocycles. The molecule has 2 aromatic heterocycles. The number of thioether (sulfide) groups is 1. The number of imidazole rings is 1. The van der Waals surface area contributed by atoms with Gasteiger partial charge in [0.25, 0.3) is 0 Å². The summed E-state index contributed by atoms with van der Waals surface area (Å²) in [5.74, 6) is -0.249. The molecule has 6 nitrogen and oxygen atoms in total. The molecule has 3 N–H and O–H groups in total. The number of nitrogens with one attached hydrogen (secondary N) is 3. The van der Waals surface area contributed by atoms with E-state index in [9.17, 15) is 9.59 Å². The second kappa shape index (κ2) is 9.21. The predicted molar refractivity (Wildman–Crippen MR) is 104 cm³/mol. The number of carbonyl (C=O) groups excluding carboxylic acids is 2. The first-order chi connectivity index (χ1) is 12.7. The Morgan fingerprint density at radius 3 is 2.77 bits per heavy atom. The largest absolute Gasteiger partial charge is 0.337 e. The van der Waals surface area contributed by atoms with Crippen LogP contribution in [0.4, 0.5) is 4.79 Å². The first-order valence-electron chi connectivity index (χ1n) is 8.04. The summed E-state index contributed by atoms with van der Waals surface area (Å²) in [6, 6.07) is 13.3. The number of imide groups is 1. The molecule has 0 fully saturated rings. The number of hydrogen-bond donors (Lipinski definition) is 3. The van der Waals surface area contributed by atoms with Crippen LogP contribution in [-0.4, -0.2) is 34.2 Å². The Labute approximate surface area is 159 Å². The van der Waals surface area contributed by atoms with Gasteiger partial charge < -0.3 is 10.3 Å². The van der Waals surface area contributed by atoms with E-state index in [0.29, 0.717) is 11.7 Å². The SMILES string of the molecule is O=C(CSc1ncc(-c2ccccc2)[nH]1)NC(=O)NCCc1cccs1. The van der Waals surface area contributed by atoms with Crippen LogP contribution in [0.3, 0.4) is 0 Å². The number of thiophene rings is 1. The summed E-state index contributed by atoms with van der Waals surface area (Å²) in [4.78, 5) is 32.2. The molecule has 2 heterocycles. The highest BCUT2D eigenvalue weighted by Crippen LogP contribution is 2.20. The van der Waals surface area contributed by atoms with Crippen molar-refractivity contribution in [2.75, 3.05) is 12.3 Å². The highest BCUT2D eigenvalue weighted by atomic mass is 32.2. The van der Waals surface area contributed by atoms with E-state index in [2.05, 4.69) is 20.6 Å². The van der Waals surface area contributed by atoms with Gasteiger partial charge in [0, 0.05) is 11.4 Å².